The van der Waals surface area contributed by atoms with Crippen LogP contribution in [0.3, 0.4) is 0 Å². The molecule has 0 saturated carbocycles. The van der Waals surface area contributed by atoms with Gasteiger partial charge in [-0.15, -0.1) is 0 Å². The summed E-state index contributed by atoms with van der Waals surface area (Å²) in [5, 5.41) is 18.1. The Balaban J connectivity index is 2.82. The summed E-state index contributed by atoms with van der Waals surface area (Å²) in [5.74, 6) is -0.451. The SMILES string of the molecule is COCCN(Cc1ccc(B(O)O)cc1F)C(C)COC. The van der Waals surface area contributed by atoms with Crippen LogP contribution in [0.25, 0.3) is 0 Å². The molecule has 118 valence electrons. The number of hydrogen-bond acceptors (Lipinski definition) is 5. The molecule has 5 nitrogen and oxygen atoms in total. The molecule has 1 unspecified atom stereocenters. The molecule has 21 heavy (non-hydrogen) atoms. The van der Waals surface area contributed by atoms with Crippen LogP contribution in [0.1, 0.15) is 12.5 Å². The molecule has 1 aromatic carbocycles. The minimum atomic E-state index is -1.66. The van der Waals surface area contributed by atoms with Gasteiger partial charge in [0.15, 0.2) is 0 Å². The van der Waals surface area contributed by atoms with Crippen LogP contribution in [-0.2, 0) is 16.0 Å². The molecule has 0 amide bonds. The molecule has 2 N–H and O–H groups in total. The summed E-state index contributed by atoms with van der Waals surface area (Å²) in [6.45, 7) is 4.15. The highest BCUT2D eigenvalue weighted by molar-refractivity contribution is 6.58. The van der Waals surface area contributed by atoms with Crippen molar-refractivity contribution in [1.29, 1.82) is 0 Å². The first-order valence-electron chi connectivity index (χ1n) is 6.86. The van der Waals surface area contributed by atoms with Crippen LogP contribution in [0.2, 0.25) is 0 Å². The van der Waals surface area contributed by atoms with E-state index >= 15 is 0 Å². The second kappa shape index (κ2) is 9.12. The zero-order valence-corrected chi connectivity index (χ0v) is 12.8. The summed E-state index contributed by atoms with van der Waals surface area (Å²) in [4.78, 5) is 2.06. The minimum absolute atomic E-state index is 0.118. The fourth-order valence-electron chi connectivity index (χ4n) is 2.08. The van der Waals surface area contributed by atoms with Crippen LogP contribution >= 0.6 is 0 Å². The molecular formula is C14H23BFNO4. The number of halogens is 1. The van der Waals surface area contributed by atoms with Gasteiger partial charge in [-0.05, 0) is 18.5 Å². The molecule has 0 aliphatic carbocycles. The van der Waals surface area contributed by atoms with Crippen LogP contribution in [0.15, 0.2) is 18.2 Å². The Hall–Kier alpha value is -0.985. The van der Waals surface area contributed by atoms with E-state index in [4.69, 9.17) is 19.5 Å². The molecule has 0 aliphatic rings. The van der Waals surface area contributed by atoms with E-state index in [1.807, 2.05) is 6.92 Å². The molecule has 0 fully saturated rings. The molecule has 0 aromatic heterocycles. The summed E-state index contributed by atoms with van der Waals surface area (Å²) in [7, 11) is 1.59. The second-order valence-electron chi connectivity index (χ2n) is 4.99. The third kappa shape index (κ3) is 5.72. The first-order chi connectivity index (χ1) is 9.99. The average Bonchev–Trinajstić information content (AvgIpc) is 2.44. The monoisotopic (exact) mass is 299 g/mol. The standard InChI is InChI=1S/C14H23BFNO4/c1-11(10-21-3)17(6-7-20-2)9-12-4-5-13(15(18)19)8-14(12)16/h4-5,8,11,18-19H,6-7,9-10H2,1-3H3. The molecule has 0 radical (unpaired) electrons. The lowest BCUT2D eigenvalue weighted by Gasteiger charge is -2.28. The fourth-order valence-corrected chi connectivity index (χ4v) is 2.08. The maximum Gasteiger partial charge on any atom is 0.488 e. The van der Waals surface area contributed by atoms with Gasteiger partial charge in [-0.3, -0.25) is 4.90 Å². The van der Waals surface area contributed by atoms with Gasteiger partial charge in [0.1, 0.15) is 5.82 Å². The first-order valence-corrected chi connectivity index (χ1v) is 6.86. The zero-order chi connectivity index (χ0) is 15.8. The maximum absolute atomic E-state index is 14.0. The third-order valence-corrected chi connectivity index (χ3v) is 3.36. The van der Waals surface area contributed by atoms with Crippen LogP contribution in [-0.4, -0.2) is 62.1 Å². The van der Waals surface area contributed by atoms with Crippen LogP contribution < -0.4 is 5.46 Å². The number of nitrogens with zero attached hydrogens (tertiary/aromatic N) is 1. The van der Waals surface area contributed by atoms with E-state index in [1.165, 1.54) is 6.07 Å². The Morgan fingerprint density at radius 3 is 2.52 bits per heavy atom. The Kier molecular flexibility index (Phi) is 7.84. The van der Waals surface area contributed by atoms with Crippen LogP contribution in [0, 0.1) is 5.82 Å². The fraction of sp³-hybridized carbons (Fsp3) is 0.571. The highest BCUT2D eigenvalue weighted by Crippen LogP contribution is 2.12. The summed E-state index contributed by atoms with van der Waals surface area (Å²) >= 11 is 0. The molecular weight excluding hydrogens is 276 g/mol. The lowest BCUT2D eigenvalue weighted by atomic mass is 9.80. The summed E-state index contributed by atoms with van der Waals surface area (Å²) in [6, 6.07) is 4.35. The van der Waals surface area contributed by atoms with Crippen molar-refractivity contribution in [2.24, 2.45) is 0 Å². The van der Waals surface area contributed by atoms with E-state index in [0.29, 0.717) is 31.9 Å². The molecule has 7 heteroatoms. The van der Waals surface area contributed by atoms with E-state index in [-0.39, 0.29) is 11.5 Å². The van der Waals surface area contributed by atoms with Gasteiger partial charge in [0, 0.05) is 38.9 Å². The van der Waals surface area contributed by atoms with Crippen molar-refractivity contribution >= 4 is 12.6 Å². The van der Waals surface area contributed by atoms with E-state index in [2.05, 4.69) is 4.90 Å². The van der Waals surface area contributed by atoms with Crippen molar-refractivity contribution in [2.45, 2.75) is 19.5 Å². The van der Waals surface area contributed by atoms with Crippen molar-refractivity contribution in [3.63, 3.8) is 0 Å². The van der Waals surface area contributed by atoms with E-state index in [1.54, 1.807) is 20.3 Å². The smallest absolute Gasteiger partial charge is 0.423 e. The maximum atomic E-state index is 14.0. The normalized spacial score (nSPS) is 12.7. The van der Waals surface area contributed by atoms with Gasteiger partial charge < -0.3 is 19.5 Å². The lowest BCUT2D eigenvalue weighted by Crippen LogP contribution is -2.38. The largest absolute Gasteiger partial charge is 0.488 e. The van der Waals surface area contributed by atoms with Crippen LogP contribution in [0.5, 0.6) is 0 Å². The Morgan fingerprint density at radius 1 is 1.29 bits per heavy atom. The average molecular weight is 299 g/mol. The highest BCUT2D eigenvalue weighted by Gasteiger charge is 2.18. The Morgan fingerprint density at radius 2 is 2.00 bits per heavy atom. The molecule has 1 aromatic rings. The quantitative estimate of drug-likeness (QED) is 0.628. The summed E-state index contributed by atoms with van der Waals surface area (Å²) < 4.78 is 24.2. The molecule has 0 bridgehead atoms. The minimum Gasteiger partial charge on any atom is -0.423 e. The molecule has 0 saturated heterocycles. The van der Waals surface area contributed by atoms with Crippen LogP contribution in [0.4, 0.5) is 4.39 Å². The Bertz CT molecular complexity index is 433. The van der Waals surface area contributed by atoms with Crippen molar-refractivity contribution in [3.8, 4) is 0 Å². The highest BCUT2D eigenvalue weighted by atomic mass is 19.1. The van der Waals surface area contributed by atoms with Gasteiger partial charge in [0.25, 0.3) is 0 Å². The number of hydrogen-bond donors (Lipinski definition) is 2. The predicted molar refractivity (Wildman–Crippen MR) is 79.8 cm³/mol. The van der Waals surface area contributed by atoms with Crippen molar-refractivity contribution in [1.82, 2.24) is 4.90 Å². The van der Waals surface area contributed by atoms with Gasteiger partial charge in [0.05, 0.1) is 13.2 Å². The lowest BCUT2D eigenvalue weighted by molar-refractivity contribution is 0.0698. The van der Waals surface area contributed by atoms with Crippen molar-refractivity contribution < 1.29 is 23.9 Å². The van der Waals surface area contributed by atoms with Gasteiger partial charge in [-0.1, -0.05) is 12.1 Å². The number of rotatable bonds is 9. The zero-order valence-electron chi connectivity index (χ0n) is 12.8. The molecule has 0 heterocycles. The Labute approximate surface area is 125 Å². The van der Waals surface area contributed by atoms with Gasteiger partial charge in [0.2, 0.25) is 0 Å². The summed E-state index contributed by atoms with van der Waals surface area (Å²) in [5.41, 5.74) is 0.642. The van der Waals surface area contributed by atoms with E-state index in [0.717, 1.165) is 6.07 Å². The molecule has 0 aliphatic heterocycles. The van der Waals surface area contributed by atoms with E-state index < -0.39 is 12.9 Å². The number of methoxy groups -OCH3 is 2. The number of benzene rings is 1. The third-order valence-electron chi connectivity index (χ3n) is 3.36. The van der Waals surface area contributed by atoms with Crippen molar-refractivity contribution in [2.75, 3.05) is 34.0 Å². The first kappa shape index (κ1) is 18.1. The van der Waals surface area contributed by atoms with Gasteiger partial charge >= 0.3 is 7.12 Å². The van der Waals surface area contributed by atoms with Gasteiger partial charge in [-0.25, -0.2) is 4.39 Å². The molecule has 1 atom stereocenters. The second-order valence-corrected chi connectivity index (χ2v) is 4.99. The molecule has 1 rings (SSSR count). The summed E-state index contributed by atoms with van der Waals surface area (Å²) in [6.07, 6.45) is 0. The van der Waals surface area contributed by atoms with Crippen molar-refractivity contribution in [3.05, 3.63) is 29.6 Å². The topological polar surface area (TPSA) is 62.2 Å². The van der Waals surface area contributed by atoms with E-state index in [9.17, 15) is 4.39 Å². The molecule has 0 spiro atoms. The number of ether oxygens (including phenoxy) is 2. The predicted octanol–water partition coefficient (Wildman–Crippen LogP) is -0.0112. The van der Waals surface area contributed by atoms with Gasteiger partial charge in [-0.2, -0.15) is 0 Å².